The number of hydrogen-bond acceptors (Lipinski definition) is 2. The second-order valence-corrected chi connectivity index (χ2v) is 4.70. The van der Waals surface area contributed by atoms with Gasteiger partial charge in [0.25, 0.3) is 0 Å². The van der Waals surface area contributed by atoms with Gasteiger partial charge in [-0.25, -0.2) is 4.99 Å². The summed E-state index contributed by atoms with van der Waals surface area (Å²) in [5.41, 5.74) is 2.42. The number of aromatic amines is 1. The molecule has 1 fully saturated rings. The first-order chi connectivity index (χ1) is 8.24. The number of rotatable bonds is 3. The standard InChI is InChI=1S/C14H21N3/c1-4-11-10-13(16-14(11)15-5-2)12-6-8-17(3)9-7-12/h4-5,10,12,16H,1,6-9H2,2-3H3/b15-5-. The smallest absolute Gasteiger partial charge is 0.136 e. The van der Waals surface area contributed by atoms with Crippen LogP contribution < -0.4 is 0 Å². The Morgan fingerprint density at radius 1 is 1.47 bits per heavy atom. The fraction of sp³-hybridized carbons (Fsp3) is 0.500. The van der Waals surface area contributed by atoms with E-state index >= 15 is 0 Å². The normalized spacial score (nSPS) is 18.9. The molecule has 3 heteroatoms. The minimum absolute atomic E-state index is 0.644. The van der Waals surface area contributed by atoms with E-state index in [1.807, 2.05) is 19.2 Å². The van der Waals surface area contributed by atoms with E-state index in [1.54, 1.807) is 0 Å². The Labute approximate surface area is 103 Å². The Bertz CT molecular complexity index is 409. The molecule has 0 aromatic carbocycles. The van der Waals surface area contributed by atoms with E-state index in [0.29, 0.717) is 5.92 Å². The third kappa shape index (κ3) is 2.67. The Balaban J connectivity index is 2.18. The molecule has 1 saturated heterocycles. The minimum atomic E-state index is 0.644. The molecule has 0 unspecified atom stereocenters. The van der Waals surface area contributed by atoms with Gasteiger partial charge < -0.3 is 9.88 Å². The van der Waals surface area contributed by atoms with Crippen LogP contribution in [0, 0.1) is 0 Å². The van der Waals surface area contributed by atoms with E-state index in [9.17, 15) is 0 Å². The lowest BCUT2D eigenvalue weighted by Crippen LogP contribution is -2.29. The molecule has 3 nitrogen and oxygen atoms in total. The van der Waals surface area contributed by atoms with Crippen molar-refractivity contribution in [2.75, 3.05) is 20.1 Å². The average Bonchev–Trinajstić information content (AvgIpc) is 2.74. The van der Waals surface area contributed by atoms with E-state index in [1.165, 1.54) is 31.6 Å². The number of hydrogen-bond donors (Lipinski definition) is 1. The summed E-state index contributed by atoms with van der Waals surface area (Å²) < 4.78 is 0. The zero-order valence-electron chi connectivity index (χ0n) is 10.7. The van der Waals surface area contributed by atoms with Crippen molar-refractivity contribution in [3.63, 3.8) is 0 Å². The topological polar surface area (TPSA) is 31.4 Å². The zero-order chi connectivity index (χ0) is 12.3. The Kier molecular flexibility index (Phi) is 3.79. The lowest BCUT2D eigenvalue weighted by molar-refractivity contribution is 0.253. The maximum absolute atomic E-state index is 4.35. The van der Waals surface area contributed by atoms with Gasteiger partial charge in [0.2, 0.25) is 0 Å². The maximum atomic E-state index is 4.35. The van der Waals surface area contributed by atoms with E-state index in [4.69, 9.17) is 0 Å². The highest BCUT2D eigenvalue weighted by Crippen LogP contribution is 2.31. The SMILES string of the molecule is C=Cc1cc(C2CCN(C)CC2)[nH]c1/N=C\C. The first-order valence-corrected chi connectivity index (χ1v) is 6.27. The maximum Gasteiger partial charge on any atom is 0.136 e. The van der Waals surface area contributed by atoms with Gasteiger partial charge in [0.15, 0.2) is 0 Å². The number of nitrogens with zero attached hydrogens (tertiary/aromatic N) is 2. The molecular formula is C14H21N3. The van der Waals surface area contributed by atoms with Crippen molar-refractivity contribution in [3.05, 3.63) is 23.9 Å². The number of aliphatic imine (C=N–C) groups is 1. The molecule has 2 heterocycles. The predicted octanol–water partition coefficient (Wildman–Crippen LogP) is 3.19. The van der Waals surface area contributed by atoms with Gasteiger partial charge in [-0.05, 0) is 46.0 Å². The lowest BCUT2D eigenvalue weighted by atomic mass is 9.94. The molecule has 92 valence electrons. The van der Waals surface area contributed by atoms with Crippen molar-refractivity contribution in [2.45, 2.75) is 25.7 Å². The summed E-state index contributed by atoms with van der Waals surface area (Å²) in [4.78, 5) is 10.2. The van der Waals surface area contributed by atoms with Crippen LogP contribution in [0.25, 0.3) is 6.08 Å². The Morgan fingerprint density at radius 2 is 2.18 bits per heavy atom. The molecule has 17 heavy (non-hydrogen) atoms. The van der Waals surface area contributed by atoms with E-state index in [-0.39, 0.29) is 0 Å². The zero-order valence-corrected chi connectivity index (χ0v) is 10.7. The highest BCUT2D eigenvalue weighted by atomic mass is 15.1. The molecular weight excluding hydrogens is 210 g/mol. The predicted molar refractivity (Wildman–Crippen MR) is 74.2 cm³/mol. The fourth-order valence-electron chi connectivity index (χ4n) is 2.41. The fourth-order valence-corrected chi connectivity index (χ4v) is 2.41. The van der Waals surface area contributed by atoms with Crippen molar-refractivity contribution in [2.24, 2.45) is 4.99 Å². The largest absolute Gasteiger partial charge is 0.343 e. The number of aromatic nitrogens is 1. The van der Waals surface area contributed by atoms with Gasteiger partial charge in [0.05, 0.1) is 0 Å². The van der Waals surface area contributed by atoms with Gasteiger partial charge in [-0.3, -0.25) is 0 Å². The van der Waals surface area contributed by atoms with Gasteiger partial charge in [-0.15, -0.1) is 0 Å². The molecule has 0 saturated carbocycles. The minimum Gasteiger partial charge on any atom is -0.343 e. The van der Waals surface area contributed by atoms with Crippen LogP contribution in [0.1, 0.15) is 36.9 Å². The van der Waals surface area contributed by atoms with E-state index in [0.717, 1.165) is 11.4 Å². The third-order valence-electron chi connectivity index (χ3n) is 3.48. The monoisotopic (exact) mass is 231 g/mol. The molecule has 0 bridgehead atoms. The van der Waals surface area contributed by atoms with Crippen molar-refractivity contribution >= 4 is 18.1 Å². The van der Waals surface area contributed by atoms with Crippen LogP contribution in [-0.4, -0.2) is 36.2 Å². The van der Waals surface area contributed by atoms with Crippen molar-refractivity contribution in [1.29, 1.82) is 0 Å². The van der Waals surface area contributed by atoms with Crippen LogP contribution in [0.2, 0.25) is 0 Å². The van der Waals surface area contributed by atoms with Crippen molar-refractivity contribution in [3.8, 4) is 0 Å². The molecule has 1 N–H and O–H groups in total. The highest BCUT2D eigenvalue weighted by Gasteiger charge is 2.20. The molecule has 1 aliphatic heterocycles. The van der Waals surface area contributed by atoms with Gasteiger partial charge in [0, 0.05) is 23.4 Å². The quantitative estimate of drug-likeness (QED) is 0.796. The van der Waals surface area contributed by atoms with Gasteiger partial charge in [-0.2, -0.15) is 0 Å². The van der Waals surface area contributed by atoms with Crippen LogP contribution in [0.15, 0.2) is 17.6 Å². The number of piperidine rings is 1. The summed E-state index contributed by atoms with van der Waals surface area (Å²) in [5, 5.41) is 0. The second kappa shape index (κ2) is 5.32. The second-order valence-electron chi connectivity index (χ2n) is 4.70. The Hall–Kier alpha value is -1.35. The van der Waals surface area contributed by atoms with Crippen molar-refractivity contribution in [1.82, 2.24) is 9.88 Å². The van der Waals surface area contributed by atoms with E-state index in [2.05, 4.69) is 34.6 Å². The molecule has 2 rings (SSSR count). The first-order valence-electron chi connectivity index (χ1n) is 6.27. The molecule has 1 aromatic rings. The molecule has 0 spiro atoms. The van der Waals surface area contributed by atoms with Crippen LogP contribution in [0.5, 0.6) is 0 Å². The molecule has 0 aliphatic carbocycles. The van der Waals surface area contributed by atoms with Crippen LogP contribution in [-0.2, 0) is 0 Å². The average molecular weight is 231 g/mol. The lowest BCUT2D eigenvalue weighted by Gasteiger charge is -2.28. The van der Waals surface area contributed by atoms with Crippen LogP contribution >= 0.6 is 0 Å². The molecule has 0 atom stereocenters. The summed E-state index contributed by atoms with van der Waals surface area (Å²) in [6, 6.07) is 2.20. The molecule has 1 aliphatic rings. The summed E-state index contributed by atoms with van der Waals surface area (Å²) in [5.74, 6) is 1.59. The Morgan fingerprint density at radius 3 is 2.76 bits per heavy atom. The molecule has 0 radical (unpaired) electrons. The third-order valence-corrected chi connectivity index (χ3v) is 3.48. The van der Waals surface area contributed by atoms with Gasteiger partial charge in [0.1, 0.15) is 5.82 Å². The van der Waals surface area contributed by atoms with E-state index < -0.39 is 0 Å². The number of nitrogens with one attached hydrogen (secondary N) is 1. The summed E-state index contributed by atoms with van der Waals surface area (Å²) in [6.45, 7) is 8.14. The van der Waals surface area contributed by atoms with Gasteiger partial charge >= 0.3 is 0 Å². The summed E-state index contributed by atoms with van der Waals surface area (Å²) in [6.07, 6.45) is 6.14. The molecule has 1 aromatic heterocycles. The van der Waals surface area contributed by atoms with Gasteiger partial charge in [-0.1, -0.05) is 12.7 Å². The van der Waals surface area contributed by atoms with Crippen LogP contribution in [0.4, 0.5) is 5.82 Å². The van der Waals surface area contributed by atoms with Crippen LogP contribution in [0.3, 0.4) is 0 Å². The number of likely N-dealkylation sites (tertiary alicyclic amines) is 1. The van der Waals surface area contributed by atoms with Crippen molar-refractivity contribution < 1.29 is 0 Å². The number of H-pyrrole nitrogens is 1. The first kappa shape index (κ1) is 12.1. The summed E-state index contributed by atoms with van der Waals surface area (Å²) in [7, 11) is 2.19. The summed E-state index contributed by atoms with van der Waals surface area (Å²) >= 11 is 0. The highest BCUT2D eigenvalue weighted by molar-refractivity contribution is 5.67. The molecule has 0 amide bonds.